The molecule has 0 aliphatic carbocycles. The first kappa shape index (κ1) is 14.6. The highest BCUT2D eigenvalue weighted by atomic mass is 32.1. The van der Waals surface area contributed by atoms with Crippen LogP contribution in [0.5, 0.6) is 0 Å². The van der Waals surface area contributed by atoms with Gasteiger partial charge in [0.15, 0.2) is 0 Å². The summed E-state index contributed by atoms with van der Waals surface area (Å²) in [4.78, 5) is -1.08. The van der Waals surface area contributed by atoms with Gasteiger partial charge in [0.25, 0.3) is 0 Å². The van der Waals surface area contributed by atoms with E-state index in [9.17, 15) is 17.6 Å². The maximum Gasteiger partial charge on any atom is 0.342 e. The second-order valence-corrected chi connectivity index (χ2v) is 4.05. The van der Waals surface area contributed by atoms with Crippen molar-refractivity contribution in [3.63, 3.8) is 0 Å². The fourth-order valence-corrected chi connectivity index (χ4v) is 1.45. The minimum Gasteiger partial charge on any atom is -0.359 e. The molecular formula is C12H11F4NS. The highest BCUT2D eigenvalue weighted by Gasteiger charge is 2.44. The number of hydrogen-bond donors (Lipinski definition) is 1. The molecular weight excluding hydrogens is 266 g/mol. The van der Waals surface area contributed by atoms with Gasteiger partial charge in [-0.3, -0.25) is 0 Å². The second-order valence-electron chi connectivity index (χ2n) is 3.61. The quantitative estimate of drug-likeness (QED) is 0.490. The number of thiocarbonyl (C=S) groups is 1. The van der Waals surface area contributed by atoms with E-state index >= 15 is 0 Å². The van der Waals surface area contributed by atoms with Gasteiger partial charge in [0.1, 0.15) is 0 Å². The van der Waals surface area contributed by atoms with E-state index in [1.165, 1.54) is 6.92 Å². The zero-order valence-electron chi connectivity index (χ0n) is 9.46. The number of nitrogens with one attached hydrogen (secondary N) is 1. The number of allylic oxidation sites excluding steroid dienone is 2. The van der Waals surface area contributed by atoms with Crippen molar-refractivity contribution >= 4 is 22.8 Å². The Hall–Kier alpha value is -1.43. The topological polar surface area (TPSA) is 12.0 Å². The van der Waals surface area contributed by atoms with Crippen LogP contribution in [0.2, 0.25) is 0 Å². The van der Waals surface area contributed by atoms with Crippen LogP contribution in [0.25, 0.3) is 0 Å². The van der Waals surface area contributed by atoms with Crippen LogP contribution < -0.4 is 5.32 Å². The molecule has 1 rings (SSSR count). The zero-order valence-corrected chi connectivity index (χ0v) is 10.3. The Kier molecular flexibility index (Phi) is 4.84. The lowest BCUT2D eigenvalue weighted by Crippen LogP contribution is -2.34. The number of anilines is 1. The molecule has 0 amide bonds. The predicted octanol–water partition coefficient (Wildman–Crippen LogP) is 4.27. The van der Waals surface area contributed by atoms with E-state index in [-0.39, 0.29) is 5.70 Å². The zero-order chi connectivity index (χ0) is 13.8. The van der Waals surface area contributed by atoms with Gasteiger partial charge in [0.2, 0.25) is 0 Å². The minimum atomic E-state index is -4.28. The van der Waals surface area contributed by atoms with Crippen molar-refractivity contribution in [1.29, 1.82) is 0 Å². The smallest absolute Gasteiger partial charge is 0.342 e. The first-order valence-corrected chi connectivity index (χ1v) is 5.45. The van der Waals surface area contributed by atoms with Gasteiger partial charge in [-0.2, -0.15) is 8.78 Å². The Morgan fingerprint density at radius 1 is 1.28 bits per heavy atom. The Morgan fingerprint density at radius 3 is 2.33 bits per heavy atom. The summed E-state index contributed by atoms with van der Waals surface area (Å²) in [6.45, 7) is 1.47. The summed E-state index contributed by atoms with van der Waals surface area (Å²) < 4.78 is 49.9. The Labute approximate surface area is 108 Å². The molecule has 1 N–H and O–H groups in total. The third-order valence-corrected chi connectivity index (χ3v) is 2.46. The molecule has 0 aromatic heterocycles. The van der Waals surface area contributed by atoms with E-state index in [4.69, 9.17) is 0 Å². The number of benzene rings is 1. The Morgan fingerprint density at radius 2 is 1.83 bits per heavy atom. The minimum absolute atomic E-state index is 0.270. The number of para-hydroxylation sites is 1. The van der Waals surface area contributed by atoms with E-state index in [0.29, 0.717) is 5.69 Å². The monoisotopic (exact) mass is 277 g/mol. The second kappa shape index (κ2) is 5.95. The molecule has 18 heavy (non-hydrogen) atoms. The van der Waals surface area contributed by atoms with Crippen molar-refractivity contribution in [3.8, 4) is 0 Å². The molecule has 0 fully saturated rings. The van der Waals surface area contributed by atoms with Gasteiger partial charge in [0, 0.05) is 11.4 Å². The molecule has 0 unspecified atom stereocenters. The van der Waals surface area contributed by atoms with Crippen LogP contribution in [-0.4, -0.2) is 17.2 Å². The molecule has 0 saturated heterocycles. The van der Waals surface area contributed by atoms with E-state index < -0.39 is 17.2 Å². The van der Waals surface area contributed by atoms with Crippen molar-refractivity contribution in [2.45, 2.75) is 19.3 Å². The third-order valence-electron chi connectivity index (χ3n) is 2.07. The average molecular weight is 277 g/mol. The van der Waals surface area contributed by atoms with Crippen molar-refractivity contribution in [1.82, 2.24) is 0 Å². The fourth-order valence-electron chi connectivity index (χ4n) is 1.19. The largest absolute Gasteiger partial charge is 0.359 e. The molecule has 1 aromatic carbocycles. The number of alkyl halides is 4. The van der Waals surface area contributed by atoms with Crippen LogP contribution in [-0.2, 0) is 0 Å². The van der Waals surface area contributed by atoms with Gasteiger partial charge in [0.05, 0.1) is 4.86 Å². The van der Waals surface area contributed by atoms with Crippen LogP contribution >= 0.6 is 12.2 Å². The van der Waals surface area contributed by atoms with Gasteiger partial charge in [-0.15, -0.1) is 0 Å². The maximum absolute atomic E-state index is 12.9. The summed E-state index contributed by atoms with van der Waals surface area (Å²) >= 11 is 4.31. The third kappa shape index (κ3) is 3.80. The first-order valence-electron chi connectivity index (χ1n) is 5.05. The van der Waals surface area contributed by atoms with Gasteiger partial charge in [-0.25, -0.2) is 8.78 Å². The highest BCUT2D eigenvalue weighted by Crippen LogP contribution is 2.26. The fraction of sp³-hybridized carbons (Fsp3) is 0.250. The maximum atomic E-state index is 12.9. The Balaban J connectivity index is 2.76. The lowest BCUT2D eigenvalue weighted by atomic mass is 10.2. The van der Waals surface area contributed by atoms with Gasteiger partial charge in [-0.05, 0) is 25.1 Å². The highest BCUT2D eigenvalue weighted by molar-refractivity contribution is 7.81. The van der Waals surface area contributed by atoms with Crippen LogP contribution in [0.15, 0.2) is 42.1 Å². The molecule has 1 nitrogen and oxygen atoms in total. The summed E-state index contributed by atoms with van der Waals surface area (Å²) in [5.74, 6) is -4.28. The molecule has 0 aliphatic heterocycles. The van der Waals surface area contributed by atoms with Crippen LogP contribution in [0.4, 0.5) is 23.2 Å². The summed E-state index contributed by atoms with van der Waals surface area (Å²) in [7, 11) is 0. The number of hydrogen-bond acceptors (Lipinski definition) is 2. The summed E-state index contributed by atoms with van der Waals surface area (Å²) in [6, 6.07) is 8.72. The first-order chi connectivity index (χ1) is 8.34. The van der Waals surface area contributed by atoms with Gasteiger partial charge >= 0.3 is 12.3 Å². The molecule has 0 aliphatic rings. The lowest BCUT2D eigenvalue weighted by molar-refractivity contribution is -0.0725. The summed E-state index contributed by atoms with van der Waals surface area (Å²) in [5, 5.41) is 2.78. The number of halogens is 4. The van der Waals surface area contributed by atoms with Crippen molar-refractivity contribution in [2.75, 3.05) is 5.32 Å². The van der Waals surface area contributed by atoms with Crippen molar-refractivity contribution < 1.29 is 17.6 Å². The van der Waals surface area contributed by atoms with Gasteiger partial charge in [-0.1, -0.05) is 30.4 Å². The molecule has 0 heterocycles. The van der Waals surface area contributed by atoms with E-state index in [2.05, 4.69) is 17.5 Å². The molecule has 0 spiro atoms. The van der Waals surface area contributed by atoms with E-state index in [1.807, 2.05) is 0 Å². The van der Waals surface area contributed by atoms with E-state index in [1.54, 1.807) is 30.3 Å². The normalized spacial score (nSPS) is 12.7. The molecule has 6 heteroatoms. The molecule has 98 valence electrons. The summed E-state index contributed by atoms with van der Waals surface area (Å²) in [6.07, 6.45) is -2.96. The van der Waals surface area contributed by atoms with Crippen molar-refractivity contribution in [3.05, 3.63) is 42.1 Å². The molecule has 0 bridgehead atoms. The Bertz CT molecular complexity index is 443. The number of rotatable bonds is 5. The van der Waals surface area contributed by atoms with Crippen molar-refractivity contribution in [2.24, 2.45) is 0 Å². The molecule has 0 saturated carbocycles. The molecule has 0 radical (unpaired) electrons. The van der Waals surface area contributed by atoms with E-state index in [0.717, 1.165) is 6.08 Å². The predicted molar refractivity (Wildman–Crippen MR) is 67.4 cm³/mol. The molecule has 1 aromatic rings. The standard InChI is InChI=1S/C12H11F4NS/c1-8(17-9-5-3-2-4-6-9)7-10(18)12(15,16)11(13)14/h2-7,11,17H,1H3/b8-7-. The molecule has 0 atom stereocenters. The lowest BCUT2D eigenvalue weighted by Gasteiger charge is -2.15. The SMILES string of the molecule is C/C(=C/C(=S)C(F)(F)C(F)F)Nc1ccccc1. The average Bonchev–Trinajstić information content (AvgIpc) is 2.29. The van der Waals surface area contributed by atoms with Crippen LogP contribution in [0.3, 0.4) is 0 Å². The van der Waals surface area contributed by atoms with Crippen LogP contribution in [0.1, 0.15) is 6.92 Å². The van der Waals surface area contributed by atoms with Gasteiger partial charge < -0.3 is 5.32 Å². The summed E-state index contributed by atoms with van der Waals surface area (Å²) in [5.41, 5.74) is 0.931. The van der Waals surface area contributed by atoms with Crippen LogP contribution in [0, 0.1) is 0 Å².